The Bertz CT molecular complexity index is 1280. The van der Waals surface area contributed by atoms with Gasteiger partial charge in [0.2, 0.25) is 0 Å². The summed E-state index contributed by atoms with van der Waals surface area (Å²) < 4.78 is 49.3. The van der Waals surface area contributed by atoms with E-state index in [1.807, 2.05) is 23.1 Å². The number of hydrogen-bond donors (Lipinski definition) is 2. The number of amides is 1. The lowest BCUT2D eigenvalue weighted by Gasteiger charge is -2.37. The summed E-state index contributed by atoms with van der Waals surface area (Å²) in [6.07, 6.45) is -4.06. The number of carbonyl (C=O) groups is 1. The van der Waals surface area contributed by atoms with E-state index >= 15 is 0 Å². The third-order valence-electron chi connectivity index (χ3n) is 5.76. The number of hydrogen-bond acceptors (Lipinski definition) is 6. The fraction of sp³-hybridized carbons (Fsp3) is 0.400. The zero-order chi connectivity index (χ0) is 26.1. The van der Waals surface area contributed by atoms with E-state index in [4.69, 9.17) is 4.74 Å². The first-order valence-electron chi connectivity index (χ1n) is 11.5. The van der Waals surface area contributed by atoms with Gasteiger partial charge in [0.15, 0.2) is 5.82 Å². The molecule has 192 valence electrons. The molecule has 0 saturated heterocycles. The lowest BCUT2D eigenvalue weighted by atomic mass is 9.87. The maximum Gasteiger partial charge on any atom is 0.438 e. The summed E-state index contributed by atoms with van der Waals surface area (Å²) >= 11 is 0. The number of rotatable bonds is 5. The molecule has 2 N–H and O–H groups in total. The van der Waals surface area contributed by atoms with E-state index in [2.05, 4.69) is 20.0 Å². The molecule has 0 saturated carbocycles. The molecule has 1 unspecified atom stereocenters. The Kier molecular flexibility index (Phi) is 6.83. The van der Waals surface area contributed by atoms with Crippen molar-refractivity contribution in [2.24, 2.45) is 5.92 Å². The molecule has 0 aliphatic carbocycles. The van der Waals surface area contributed by atoms with Crippen LogP contribution in [0.3, 0.4) is 0 Å². The number of alkyl halides is 3. The SMILES string of the molecule is CC(C)(C)OC(=O)NCC1Cc2c(Cc3noc(=O)[nH]3)cccc2N(c2ccc(C(F)(F)F)cc2)C1. The Morgan fingerprint density at radius 1 is 1.19 bits per heavy atom. The molecule has 0 radical (unpaired) electrons. The van der Waals surface area contributed by atoms with Crippen molar-refractivity contribution in [2.45, 2.75) is 45.4 Å². The molecule has 0 bridgehead atoms. The van der Waals surface area contributed by atoms with Gasteiger partial charge >= 0.3 is 18.0 Å². The van der Waals surface area contributed by atoms with Crippen LogP contribution < -0.4 is 16.0 Å². The first-order valence-corrected chi connectivity index (χ1v) is 11.5. The zero-order valence-corrected chi connectivity index (χ0v) is 20.1. The van der Waals surface area contributed by atoms with Crippen molar-refractivity contribution in [3.8, 4) is 0 Å². The van der Waals surface area contributed by atoms with E-state index < -0.39 is 29.2 Å². The number of aromatic amines is 1. The largest absolute Gasteiger partial charge is 0.444 e. The number of carbonyl (C=O) groups excluding carboxylic acids is 1. The lowest BCUT2D eigenvalue weighted by Crippen LogP contribution is -2.41. The fourth-order valence-corrected chi connectivity index (χ4v) is 4.26. The number of alkyl carbamates (subject to hydrolysis) is 1. The van der Waals surface area contributed by atoms with Crippen LogP contribution >= 0.6 is 0 Å². The van der Waals surface area contributed by atoms with Gasteiger partial charge in [-0.3, -0.25) is 9.51 Å². The molecule has 36 heavy (non-hydrogen) atoms. The van der Waals surface area contributed by atoms with Gasteiger partial charge in [0.1, 0.15) is 5.60 Å². The van der Waals surface area contributed by atoms with Crippen molar-refractivity contribution in [2.75, 3.05) is 18.0 Å². The van der Waals surface area contributed by atoms with Gasteiger partial charge in [0.25, 0.3) is 0 Å². The van der Waals surface area contributed by atoms with Crippen LogP contribution in [0.2, 0.25) is 0 Å². The summed E-state index contributed by atoms with van der Waals surface area (Å²) in [5.74, 6) is -0.353. The molecule has 3 aromatic rings. The second-order valence-corrected chi connectivity index (χ2v) is 9.74. The van der Waals surface area contributed by atoms with Gasteiger partial charge in [-0.2, -0.15) is 13.2 Å². The number of fused-ring (bicyclic) bond motifs is 1. The minimum absolute atomic E-state index is 0.0650. The van der Waals surface area contributed by atoms with Gasteiger partial charge in [-0.15, -0.1) is 0 Å². The quantitative estimate of drug-likeness (QED) is 0.518. The average Bonchev–Trinajstić information content (AvgIpc) is 3.20. The van der Waals surface area contributed by atoms with E-state index in [-0.39, 0.29) is 5.92 Å². The smallest absolute Gasteiger partial charge is 0.438 e. The molecular weight excluding hydrogens is 477 g/mol. The topological polar surface area (TPSA) is 100 Å². The molecular formula is C25H27F3N4O4. The third kappa shape index (κ3) is 6.07. The maximum absolute atomic E-state index is 13.1. The fourth-order valence-electron chi connectivity index (χ4n) is 4.26. The Labute approximate surface area is 205 Å². The van der Waals surface area contributed by atoms with Crippen molar-refractivity contribution < 1.29 is 27.2 Å². The number of nitrogens with zero attached hydrogens (tertiary/aromatic N) is 2. The second-order valence-electron chi connectivity index (χ2n) is 9.74. The number of aromatic nitrogens is 2. The highest BCUT2D eigenvalue weighted by Gasteiger charge is 2.32. The highest BCUT2D eigenvalue weighted by Crippen LogP contribution is 2.39. The van der Waals surface area contributed by atoms with Crippen molar-refractivity contribution in [3.63, 3.8) is 0 Å². The number of nitrogens with one attached hydrogen (secondary N) is 2. The van der Waals surface area contributed by atoms with E-state index in [0.717, 1.165) is 28.9 Å². The van der Waals surface area contributed by atoms with E-state index in [9.17, 15) is 22.8 Å². The van der Waals surface area contributed by atoms with Crippen LogP contribution in [0.5, 0.6) is 0 Å². The highest BCUT2D eigenvalue weighted by atomic mass is 19.4. The Morgan fingerprint density at radius 2 is 1.92 bits per heavy atom. The van der Waals surface area contributed by atoms with Crippen LogP contribution in [0.15, 0.2) is 51.8 Å². The predicted molar refractivity (Wildman–Crippen MR) is 126 cm³/mol. The van der Waals surface area contributed by atoms with Crippen LogP contribution in [-0.2, 0) is 23.8 Å². The Morgan fingerprint density at radius 3 is 2.53 bits per heavy atom. The van der Waals surface area contributed by atoms with Gasteiger partial charge in [-0.25, -0.2) is 9.59 Å². The van der Waals surface area contributed by atoms with Gasteiger partial charge in [0, 0.05) is 30.9 Å². The maximum atomic E-state index is 13.1. The van der Waals surface area contributed by atoms with Gasteiger partial charge in [0.05, 0.1) is 5.56 Å². The molecule has 1 atom stereocenters. The van der Waals surface area contributed by atoms with Crippen LogP contribution in [0, 0.1) is 5.92 Å². The molecule has 8 nitrogen and oxygen atoms in total. The summed E-state index contributed by atoms with van der Waals surface area (Å²) in [6.45, 7) is 6.10. The number of ether oxygens (including phenoxy) is 1. The van der Waals surface area contributed by atoms with E-state index in [1.54, 1.807) is 20.8 Å². The van der Waals surface area contributed by atoms with Crippen LogP contribution in [-0.4, -0.2) is 34.9 Å². The summed E-state index contributed by atoms with van der Waals surface area (Å²) in [6, 6.07) is 10.7. The van der Waals surface area contributed by atoms with Crippen molar-refractivity contribution >= 4 is 17.5 Å². The molecule has 2 heterocycles. The summed E-state index contributed by atoms with van der Waals surface area (Å²) in [5, 5.41) is 6.55. The minimum atomic E-state index is -4.43. The molecule has 0 fully saturated rings. The normalized spacial score (nSPS) is 15.9. The van der Waals surface area contributed by atoms with E-state index in [0.29, 0.717) is 37.4 Å². The molecule has 0 spiro atoms. The van der Waals surface area contributed by atoms with Crippen LogP contribution in [0.25, 0.3) is 0 Å². The Balaban J connectivity index is 1.65. The van der Waals surface area contributed by atoms with Gasteiger partial charge in [-0.05, 0) is 74.6 Å². The first kappa shape index (κ1) is 25.3. The van der Waals surface area contributed by atoms with Crippen molar-refractivity contribution in [1.82, 2.24) is 15.5 Å². The third-order valence-corrected chi connectivity index (χ3v) is 5.76. The molecule has 2 aromatic carbocycles. The summed E-state index contributed by atoms with van der Waals surface area (Å²) in [5.41, 5.74) is 1.90. The number of halogens is 3. The Hall–Kier alpha value is -3.76. The van der Waals surface area contributed by atoms with Crippen molar-refractivity contribution in [3.05, 3.63) is 75.5 Å². The summed E-state index contributed by atoms with van der Waals surface area (Å²) in [7, 11) is 0. The first-order chi connectivity index (χ1) is 16.9. The van der Waals surface area contributed by atoms with Gasteiger partial charge in [-0.1, -0.05) is 17.3 Å². The second kappa shape index (κ2) is 9.71. The standard InChI is InChI=1S/C25H27F3N4O4/c1-24(2,3)35-22(33)29-13-15-11-19-16(12-21-30-23(34)36-31-21)5-4-6-20(19)32(14-15)18-9-7-17(8-10-18)25(26,27)28/h4-10,15H,11-14H2,1-3H3,(H,29,33)(H,30,31,34). The molecule has 11 heteroatoms. The van der Waals surface area contributed by atoms with Crippen LogP contribution in [0.1, 0.15) is 43.3 Å². The minimum Gasteiger partial charge on any atom is -0.444 e. The van der Waals surface area contributed by atoms with E-state index in [1.165, 1.54) is 12.1 Å². The lowest BCUT2D eigenvalue weighted by molar-refractivity contribution is -0.137. The average molecular weight is 505 g/mol. The number of anilines is 2. The predicted octanol–water partition coefficient (Wildman–Crippen LogP) is 4.81. The molecule has 4 rings (SSSR count). The van der Waals surface area contributed by atoms with Crippen LogP contribution in [0.4, 0.5) is 29.3 Å². The monoisotopic (exact) mass is 504 g/mol. The molecule has 1 aromatic heterocycles. The van der Waals surface area contributed by atoms with Gasteiger partial charge < -0.3 is 15.0 Å². The zero-order valence-electron chi connectivity index (χ0n) is 20.1. The molecule has 1 aliphatic rings. The summed E-state index contributed by atoms with van der Waals surface area (Å²) in [4.78, 5) is 28.1. The molecule has 1 amide bonds. The van der Waals surface area contributed by atoms with Crippen molar-refractivity contribution in [1.29, 1.82) is 0 Å². The number of H-pyrrole nitrogens is 1. The molecule has 1 aliphatic heterocycles. The highest BCUT2D eigenvalue weighted by molar-refractivity contribution is 5.70. The number of benzene rings is 2.